The summed E-state index contributed by atoms with van der Waals surface area (Å²) < 4.78 is 47.0. The highest BCUT2D eigenvalue weighted by Gasteiger charge is 2.34. The summed E-state index contributed by atoms with van der Waals surface area (Å²) in [5.74, 6) is -0.301. The fourth-order valence-corrected chi connectivity index (χ4v) is 5.59. The first-order chi connectivity index (χ1) is 20.2. The van der Waals surface area contributed by atoms with Crippen molar-refractivity contribution in [2.24, 2.45) is 0 Å². The molecular formula is C34H29ClF3NO3. The number of alkyl halides is 3. The third kappa shape index (κ3) is 7.22. The normalized spacial score (nSPS) is 12.6. The Morgan fingerprint density at radius 3 is 2.14 bits per heavy atom. The first kappa shape index (κ1) is 29.4. The predicted octanol–water partition coefficient (Wildman–Crippen LogP) is 8.31. The molecule has 1 unspecified atom stereocenters. The maximum absolute atomic E-state index is 13.6. The fourth-order valence-electron chi connectivity index (χ4n) is 5.28. The van der Waals surface area contributed by atoms with E-state index in [1.54, 1.807) is 18.2 Å². The first-order valence-electron chi connectivity index (χ1n) is 13.6. The van der Waals surface area contributed by atoms with Crippen molar-refractivity contribution >= 4 is 28.5 Å². The number of fused-ring (bicyclic) bond motifs is 1. The summed E-state index contributed by atoms with van der Waals surface area (Å²) in [5.41, 5.74) is 2.94. The number of nitrogens with one attached hydrogen (secondary N) is 1. The number of rotatable bonds is 11. The van der Waals surface area contributed by atoms with Gasteiger partial charge in [-0.1, -0.05) is 96.5 Å². The second-order valence-corrected chi connectivity index (χ2v) is 10.7. The fraction of sp³-hybridized carbons (Fsp3) is 0.206. The smallest absolute Gasteiger partial charge is 0.417 e. The predicted molar refractivity (Wildman–Crippen MR) is 158 cm³/mol. The molecule has 0 aliphatic rings. The lowest BCUT2D eigenvalue weighted by Gasteiger charge is -2.24. The zero-order valence-electron chi connectivity index (χ0n) is 22.6. The van der Waals surface area contributed by atoms with Crippen LogP contribution in [0.3, 0.4) is 0 Å². The largest absolute Gasteiger partial charge is 0.481 e. The van der Waals surface area contributed by atoms with Crippen molar-refractivity contribution in [1.82, 2.24) is 5.32 Å². The van der Waals surface area contributed by atoms with Crippen LogP contribution in [-0.4, -0.2) is 23.7 Å². The Balaban J connectivity index is 1.45. The summed E-state index contributed by atoms with van der Waals surface area (Å²) in [5, 5.41) is 13.3. The molecule has 216 valence electrons. The van der Waals surface area contributed by atoms with Crippen LogP contribution in [0, 0.1) is 0 Å². The van der Waals surface area contributed by atoms with Crippen molar-refractivity contribution < 1.29 is 27.5 Å². The number of aliphatic carboxylic acids is 1. The molecule has 5 aromatic rings. The van der Waals surface area contributed by atoms with E-state index in [-0.39, 0.29) is 29.8 Å². The van der Waals surface area contributed by atoms with E-state index in [2.05, 4.69) is 29.6 Å². The molecular weight excluding hydrogens is 563 g/mol. The highest BCUT2D eigenvalue weighted by Crippen LogP contribution is 2.37. The molecule has 0 fully saturated rings. The van der Waals surface area contributed by atoms with Gasteiger partial charge in [-0.25, -0.2) is 0 Å². The molecule has 0 amide bonds. The van der Waals surface area contributed by atoms with E-state index >= 15 is 0 Å². The van der Waals surface area contributed by atoms with Crippen LogP contribution in [0.1, 0.15) is 39.5 Å². The Morgan fingerprint density at radius 2 is 1.52 bits per heavy atom. The minimum absolute atomic E-state index is 0.00105. The molecule has 0 aliphatic heterocycles. The van der Waals surface area contributed by atoms with Gasteiger partial charge in [0.15, 0.2) is 0 Å². The van der Waals surface area contributed by atoms with Gasteiger partial charge < -0.3 is 14.8 Å². The molecule has 0 aliphatic carbocycles. The van der Waals surface area contributed by atoms with Crippen LogP contribution in [-0.2, 0) is 30.2 Å². The molecule has 42 heavy (non-hydrogen) atoms. The van der Waals surface area contributed by atoms with Crippen LogP contribution < -0.4 is 5.32 Å². The lowest BCUT2D eigenvalue weighted by Crippen LogP contribution is -2.36. The second-order valence-electron chi connectivity index (χ2n) is 10.3. The Kier molecular flexibility index (Phi) is 9.00. The Bertz CT molecular complexity index is 1610. The standard InChI is InChI=1S/C34H29ClF3NO3/c35-33-26(12-7-13-30(33)34(36,37)38)18-27(20-28-19-25-15-14-22(17-32(40)41)16-31(25)42-28)39-21-29(23-8-3-1-4-9-23)24-10-5-2-6-11-24/h1-16,19,27,29,39H,17-18,20-21H2,(H,40,41). The maximum Gasteiger partial charge on any atom is 0.417 e. The van der Waals surface area contributed by atoms with Crippen molar-refractivity contribution in [3.63, 3.8) is 0 Å². The first-order valence-corrected chi connectivity index (χ1v) is 14.0. The summed E-state index contributed by atoms with van der Waals surface area (Å²) in [7, 11) is 0. The van der Waals surface area contributed by atoms with Gasteiger partial charge in [-0.15, -0.1) is 0 Å². The van der Waals surface area contributed by atoms with Crippen LogP contribution in [0.2, 0.25) is 5.02 Å². The summed E-state index contributed by atoms with van der Waals surface area (Å²) in [6.07, 6.45) is -4.06. The van der Waals surface area contributed by atoms with Gasteiger partial charge in [-0.2, -0.15) is 13.2 Å². The van der Waals surface area contributed by atoms with E-state index in [1.807, 2.05) is 48.5 Å². The third-order valence-electron chi connectivity index (χ3n) is 7.30. The van der Waals surface area contributed by atoms with Gasteiger partial charge in [0.05, 0.1) is 17.0 Å². The Hall–Kier alpha value is -4.07. The van der Waals surface area contributed by atoms with E-state index in [1.165, 1.54) is 6.07 Å². The number of benzene rings is 4. The number of carbonyl (C=O) groups is 1. The van der Waals surface area contributed by atoms with Crippen molar-refractivity contribution in [1.29, 1.82) is 0 Å². The zero-order valence-corrected chi connectivity index (χ0v) is 23.3. The number of hydrogen-bond donors (Lipinski definition) is 2. The molecule has 2 N–H and O–H groups in total. The van der Waals surface area contributed by atoms with Crippen molar-refractivity contribution in [2.75, 3.05) is 6.54 Å². The average Bonchev–Trinajstić information content (AvgIpc) is 3.36. The van der Waals surface area contributed by atoms with Gasteiger partial charge in [0, 0.05) is 30.3 Å². The quantitative estimate of drug-likeness (QED) is 0.162. The monoisotopic (exact) mass is 591 g/mol. The van der Waals surface area contributed by atoms with Crippen LogP contribution in [0.5, 0.6) is 0 Å². The molecule has 0 spiro atoms. The molecule has 0 saturated heterocycles. The van der Waals surface area contributed by atoms with Gasteiger partial charge in [0.2, 0.25) is 0 Å². The minimum atomic E-state index is -4.56. The molecule has 8 heteroatoms. The SMILES string of the molecule is O=C(O)Cc1ccc2cc(CC(Cc3cccc(C(F)(F)F)c3Cl)NCC(c3ccccc3)c3ccccc3)oc2c1. The molecule has 4 nitrogen and oxygen atoms in total. The molecule has 5 rings (SSSR count). The Labute approximate surface area is 246 Å². The van der Waals surface area contributed by atoms with Crippen molar-refractivity contribution in [3.8, 4) is 0 Å². The van der Waals surface area contributed by atoms with Crippen molar-refractivity contribution in [3.05, 3.63) is 142 Å². The number of carboxylic acid groups (broad SMARTS) is 1. The van der Waals surface area contributed by atoms with E-state index in [0.29, 0.717) is 35.4 Å². The van der Waals surface area contributed by atoms with Gasteiger partial charge >= 0.3 is 12.1 Å². The Morgan fingerprint density at radius 1 is 0.857 bits per heavy atom. The lowest BCUT2D eigenvalue weighted by atomic mass is 9.90. The van der Waals surface area contributed by atoms with E-state index in [9.17, 15) is 18.0 Å². The maximum atomic E-state index is 13.6. The number of halogens is 4. The summed E-state index contributed by atoms with van der Waals surface area (Å²) in [4.78, 5) is 11.2. The lowest BCUT2D eigenvalue weighted by molar-refractivity contribution is -0.138. The highest BCUT2D eigenvalue weighted by atomic mass is 35.5. The number of hydrogen-bond acceptors (Lipinski definition) is 3. The molecule has 1 aromatic heterocycles. The highest BCUT2D eigenvalue weighted by molar-refractivity contribution is 6.32. The van der Waals surface area contributed by atoms with Crippen LogP contribution in [0.25, 0.3) is 11.0 Å². The molecule has 0 bridgehead atoms. The third-order valence-corrected chi connectivity index (χ3v) is 7.75. The van der Waals surface area contributed by atoms with Gasteiger partial charge in [0.25, 0.3) is 0 Å². The van der Waals surface area contributed by atoms with Crippen molar-refractivity contribution in [2.45, 2.75) is 37.4 Å². The van der Waals surface area contributed by atoms with Gasteiger partial charge in [0.1, 0.15) is 11.3 Å². The zero-order chi connectivity index (χ0) is 29.7. The summed E-state index contributed by atoms with van der Waals surface area (Å²) >= 11 is 6.30. The van der Waals surface area contributed by atoms with E-state index in [4.69, 9.17) is 21.1 Å². The van der Waals surface area contributed by atoms with Crippen LogP contribution in [0.4, 0.5) is 13.2 Å². The molecule has 0 saturated carbocycles. The van der Waals surface area contributed by atoms with Gasteiger partial charge in [-0.05, 0) is 46.9 Å². The minimum Gasteiger partial charge on any atom is -0.481 e. The molecule has 0 radical (unpaired) electrons. The number of carboxylic acids is 1. The molecule has 1 heterocycles. The second kappa shape index (κ2) is 12.8. The average molecular weight is 592 g/mol. The van der Waals surface area contributed by atoms with Crippen LogP contribution >= 0.6 is 11.6 Å². The van der Waals surface area contributed by atoms with Gasteiger partial charge in [-0.3, -0.25) is 4.79 Å². The summed E-state index contributed by atoms with van der Waals surface area (Å²) in [6.45, 7) is 0.526. The molecule has 1 atom stereocenters. The van der Waals surface area contributed by atoms with E-state index < -0.39 is 17.7 Å². The van der Waals surface area contributed by atoms with E-state index in [0.717, 1.165) is 22.6 Å². The topological polar surface area (TPSA) is 62.5 Å². The number of furan rings is 1. The molecule has 4 aromatic carbocycles. The summed E-state index contributed by atoms with van der Waals surface area (Å²) in [6, 6.07) is 30.9. The van der Waals surface area contributed by atoms with Crippen LogP contribution in [0.15, 0.2) is 108 Å².